The largest absolute Gasteiger partial charge is 0.507 e. The number of pyridine rings is 1. The molecule has 2 aromatic heterocycles. The van der Waals surface area contributed by atoms with Crippen molar-refractivity contribution in [3.05, 3.63) is 81.8 Å². The maximum Gasteiger partial charge on any atom is 0.328 e. The van der Waals surface area contributed by atoms with Crippen LogP contribution in [0.25, 0.3) is 5.57 Å². The van der Waals surface area contributed by atoms with E-state index in [0.717, 1.165) is 17.3 Å². The molecule has 3 atom stereocenters. The van der Waals surface area contributed by atoms with Crippen LogP contribution >= 0.6 is 11.3 Å². The molecule has 0 aliphatic carbocycles. The highest BCUT2D eigenvalue weighted by Crippen LogP contribution is 2.43. The molecule has 2 saturated heterocycles. The Labute approximate surface area is 206 Å². The van der Waals surface area contributed by atoms with Crippen molar-refractivity contribution in [1.82, 2.24) is 4.98 Å². The lowest BCUT2D eigenvalue weighted by Gasteiger charge is -2.35. The molecular formula is C26H25NO7S. The van der Waals surface area contributed by atoms with E-state index in [1.807, 2.05) is 35.0 Å². The summed E-state index contributed by atoms with van der Waals surface area (Å²) in [6.07, 6.45) is 2.23. The highest BCUT2D eigenvalue weighted by Gasteiger charge is 2.50. The number of phenols is 1. The van der Waals surface area contributed by atoms with Crippen LogP contribution in [0.1, 0.15) is 35.4 Å². The summed E-state index contributed by atoms with van der Waals surface area (Å²) < 4.78 is 23.4. The third-order valence-corrected chi connectivity index (χ3v) is 6.91. The van der Waals surface area contributed by atoms with Gasteiger partial charge in [-0.25, -0.2) is 4.79 Å². The minimum absolute atomic E-state index is 0.0496. The minimum atomic E-state index is -1.09. The zero-order valence-electron chi connectivity index (χ0n) is 19.0. The van der Waals surface area contributed by atoms with Crippen LogP contribution in [0.15, 0.2) is 59.3 Å². The van der Waals surface area contributed by atoms with Crippen molar-refractivity contribution in [3.63, 3.8) is 0 Å². The quantitative estimate of drug-likeness (QED) is 0.445. The standard InChI is InChI=1S/C26H25NO7S/c1-31-19-10-25-33-15-26(12-19,34-25)23-4-2-3-17(27-23)13-32-18-5-6-20(22(28)9-18)21(11-24(29)30)16-7-8-35-14-16/h2-9,11,14,19,25,28H,10,12-13,15H2,1H3,(H,29,30)/t19-,25-,26-/m1/s1. The SMILES string of the molecule is CO[C@@H]1C[C@@H]2OC[C@@](c3cccc(COc4ccc(C(=CC(=O)O)c5ccsc5)c(O)c4)n3)(C1)O2. The van der Waals surface area contributed by atoms with Gasteiger partial charge in [-0.15, -0.1) is 0 Å². The number of aromatic hydroxyl groups is 1. The molecule has 2 fully saturated rings. The van der Waals surface area contributed by atoms with E-state index in [-0.39, 0.29) is 24.8 Å². The average Bonchev–Trinajstić information content (AvgIpc) is 3.50. The van der Waals surface area contributed by atoms with Crippen molar-refractivity contribution in [3.8, 4) is 11.5 Å². The van der Waals surface area contributed by atoms with Crippen molar-refractivity contribution in [2.45, 2.75) is 37.4 Å². The number of benzene rings is 1. The van der Waals surface area contributed by atoms with Gasteiger partial charge in [0.2, 0.25) is 0 Å². The normalized spacial score (nSPS) is 23.9. The molecule has 2 aliphatic heterocycles. The summed E-state index contributed by atoms with van der Waals surface area (Å²) in [5, 5.41) is 23.6. The predicted octanol–water partition coefficient (Wildman–Crippen LogP) is 4.32. The Morgan fingerprint density at radius 3 is 2.94 bits per heavy atom. The van der Waals surface area contributed by atoms with Gasteiger partial charge in [-0.05, 0) is 46.7 Å². The van der Waals surface area contributed by atoms with Crippen LogP contribution in [0, 0.1) is 0 Å². The first-order valence-corrected chi connectivity index (χ1v) is 12.1. The predicted molar refractivity (Wildman–Crippen MR) is 128 cm³/mol. The lowest BCUT2D eigenvalue weighted by molar-refractivity contribution is -0.163. The number of aliphatic carboxylic acids is 1. The molecule has 35 heavy (non-hydrogen) atoms. The van der Waals surface area contributed by atoms with Crippen LogP contribution in [0.3, 0.4) is 0 Å². The van der Waals surface area contributed by atoms with Gasteiger partial charge in [-0.2, -0.15) is 11.3 Å². The number of thiophene rings is 1. The fraction of sp³-hybridized carbons (Fsp3) is 0.308. The zero-order valence-corrected chi connectivity index (χ0v) is 19.9. The second-order valence-corrected chi connectivity index (χ2v) is 9.32. The Morgan fingerprint density at radius 2 is 2.20 bits per heavy atom. The topological polar surface area (TPSA) is 107 Å². The molecular weight excluding hydrogens is 470 g/mol. The van der Waals surface area contributed by atoms with Gasteiger partial charge in [0.05, 0.1) is 24.1 Å². The van der Waals surface area contributed by atoms with Gasteiger partial charge in [-0.3, -0.25) is 4.98 Å². The third kappa shape index (κ3) is 4.94. The van der Waals surface area contributed by atoms with Crippen LogP contribution in [-0.4, -0.2) is 47.3 Å². The average molecular weight is 496 g/mol. The number of hydrogen-bond donors (Lipinski definition) is 2. The van der Waals surface area contributed by atoms with E-state index in [1.165, 1.54) is 17.4 Å². The molecule has 0 spiro atoms. The second kappa shape index (κ2) is 9.79. The molecule has 8 nitrogen and oxygen atoms in total. The van der Waals surface area contributed by atoms with Gasteiger partial charge in [0.1, 0.15) is 23.7 Å². The molecule has 182 valence electrons. The van der Waals surface area contributed by atoms with Crippen LogP contribution in [0.5, 0.6) is 11.5 Å². The minimum Gasteiger partial charge on any atom is -0.507 e. The summed E-state index contributed by atoms with van der Waals surface area (Å²) in [5.41, 5.74) is 2.41. The summed E-state index contributed by atoms with van der Waals surface area (Å²) in [7, 11) is 1.70. The number of phenolic OH excluding ortho intramolecular Hbond substituents is 1. The summed E-state index contributed by atoms with van der Waals surface area (Å²) in [6, 6.07) is 12.3. The summed E-state index contributed by atoms with van der Waals surface area (Å²) in [5.74, 6) is -0.722. The first-order valence-electron chi connectivity index (χ1n) is 11.2. The van der Waals surface area contributed by atoms with Crippen molar-refractivity contribution in [2.24, 2.45) is 0 Å². The molecule has 1 aromatic carbocycles. The number of carboxylic acids is 1. The molecule has 2 bridgehead atoms. The number of nitrogens with zero attached hydrogens (tertiary/aromatic N) is 1. The number of carboxylic acid groups (broad SMARTS) is 1. The van der Waals surface area contributed by atoms with E-state index in [2.05, 4.69) is 0 Å². The number of aromatic nitrogens is 1. The Hall–Kier alpha value is -3.24. The monoisotopic (exact) mass is 495 g/mol. The molecule has 5 rings (SSSR count). The lowest BCUT2D eigenvalue weighted by atomic mass is 9.90. The Bertz CT molecular complexity index is 1240. The van der Waals surface area contributed by atoms with E-state index in [4.69, 9.17) is 23.9 Å². The van der Waals surface area contributed by atoms with Crippen molar-refractivity contribution in [2.75, 3.05) is 13.7 Å². The number of hydrogen-bond acceptors (Lipinski definition) is 8. The Kier molecular flexibility index (Phi) is 6.57. The van der Waals surface area contributed by atoms with E-state index in [1.54, 1.807) is 19.2 Å². The van der Waals surface area contributed by atoms with Crippen LogP contribution in [0.4, 0.5) is 0 Å². The third-order valence-electron chi connectivity index (χ3n) is 6.23. The molecule has 0 unspecified atom stereocenters. The van der Waals surface area contributed by atoms with Crippen LogP contribution < -0.4 is 4.74 Å². The van der Waals surface area contributed by atoms with Gasteiger partial charge in [-0.1, -0.05) is 6.07 Å². The van der Waals surface area contributed by atoms with Gasteiger partial charge in [0.25, 0.3) is 0 Å². The number of fused-ring (bicyclic) bond motifs is 2. The van der Waals surface area contributed by atoms with Gasteiger partial charge >= 0.3 is 5.97 Å². The summed E-state index contributed by atoms with van der Waals surface area (Å²) in [6.45, 7) is 0.615. The lowest BCUT2D eigenvalue weighted by Crippen LogP contribution is -2.40. The van der Waals surface area contributed by atoms with Crippen molar-refractivity contribution < 1.29 is 34.0 Å². The Balaban J connectivity index is 1.32. The maximum absolute atomic E-state index is 11.3. The first kappa shape index (κ1) is 23.5. The zero-order chi connectivity index (χ0) is 24.4. The van der Waals surface area contributed by atoms with Crippen molar-refractivity contribution in [1.29, 1.82) is 0 Å². The molecule has 0 amide bonds. The van der Waals surface area contributed by atoms with E-state index in [9.17, 15) is 15.0 Å². The highest BCUT2D eigenvalue weighted by atomic mass is 32.1. The molecule has 0 radical (unpaired) electrons. The summed E-state index contributed by atoms with van der Waals surface area (Å²) in [4.78, 5) is 16.1. The molecule has 2 aliphatic rings. The number of carbonyl (C=O) groups is 1. The number of ether oxygens (including phenoxy) is 4. The smallest absolute Gasteiger partial charge is 0.328 e. The second-order valence-electron chi connectivity index (χ2n) is 8.54. The van der Waals surface area contributed by atoms with Crippen LogP contribution in [0.2, 0.25) is 0 Å². The van der Waals surface area contributed by atoms with Crippen molar-refractivity contribution >= 4 is 22.9 Å². The molecule has 2 N–H and O–H groups in total. The summed E-state index contributed by atoms with van der Waals surface area (Å²) >= 11 is 1.45. The van der Waals surface area contributed by atoms with E-state index >= 15 is 0 Å². The molecule has 9 heteroatoms. The molecule has 0 saturated carbocycles. The Morgan fingerprint density at radius 1 is 1.31 bits per heavy atom. The van der Waals surface area contributed by atoms with Gasteiger partial charge in [0.15, 0.2) is 6.29 Å². The fourth-order valence-electron chi connectivity index (χ4n) is 4.51. The van der Waals surface area contributed by atoms with E-state index < -0.39 is 11.6 Å². The molecule has 3 aromatic rings. The fourth-order valence-corrected chi connectivity index (χ4v) is 5.17. The molecule has 4 heterocycles. The maximum atomic E-state index is 11.3. The van der Waals surface area contributed by atoms with Crippen LogP contribution in [-0.2, 0) is 31.2 Å². The first-order chi connectivity index (χ1) is 17.0. The number of methoxy groups -OCH3 is 1. The number of rotatable bonds is 8. The van der Waals surface area contributed by atoms with E-state index in [0.29, 0.717) is 42.0 Å². The van der Waals surface area contributed by atoms with Gasteiger partial charge < -0.3 is 29.2 Å². The van der Waals surface area contributed by atoms with Gasteiger partial charge in [0, 0.05) is 43.2 Å². The highest BCUT2D eigenvalue weighted by molar-refractivity contribution is 7.08.